The predicted molar refractivity (Wildman–Crippen MR) is 66.2 cm³/mol. The summed E-state index contributed by atoms with van der Waals surface area (Å²) in [6, 6.07) is 0. The maximum atomic E-state index is 9.78. The van der Waals surface area contributed by atoms with Gasteiger partial charge in [0.1, 0.15) is 5.76 Å². The summed E-state index contributed by atoms with van der Waals surface area (Å²) in [5.74, 6) is 1.43. The highest BCUT2D eigenvalue weighted by molar-refractivity contribution is 9.09. The molecule has 0 saturated carbocycles. The van der Waals surface area contributed by atoms with Gasteiger partial charge in [0.15, 0.2) is 0 Å². The van der Waals surface area contributed by atoms with Crippen LogP contribution in [0.4, 0.5) is 0 Å². The minimum atomic E-state index is 0.521. The molecule has 0 heterocycles. The molecule has 2 nitrogen and oxygen atoms in total. The fourth-order valence-electron chi connectivity index (χ4n) is 1.66. The highest BCUT2D eigenvalue weighted by Gasteiger charge is 2.15. The first-order valence-corrected chi connectivity index (χ1v) is 6.72. The van der Waals surface area contributed by atoms with Gasteiger partial charge in [-0.15, -0.1) is 0 Å². The maximum Gasteiger partial charge on any atom is 0.121 e. The van der Waals surface area contributed by atoms with Crippen LogP contribution in [0.15, 0.2) is 23.2 Å². The molecule has 1 rings (SSSR count). The van der Waals surface area contributed by atoms with E-state index in [2.05, 4.69) is 28.9 Å². The Morgan fingerprint density at radius 3 is 3.00 bits per heavy atom. The molecule has 0 aromatic carbocycles. The Hall–Kier alpha value is -0.440. The Balaban J connectivity index is 2.56. The van der Waals surface area contributed by atoms with E-state index in [0.29, 0.717) is 5.76 Å². The molecule has 0 atom stereocenters. The second-order valence-electron chi connectivity index (χ2n) is 3.67. The Kier molecular flexibility index (Phi) is 5.84. The predicted octanol–water partition coefficient (Wildman–Crippen LogP) is 4.08. The van der Waals surface area contributed by atoms with Gasteiger partial charge in [-0.05, 0) is 25.3 Å². The van der Waals surface area contributed by atoms with Crippen LogP contribution < -0.4 is 0 Å². The highest BCUT2D eigenvalue weighted by atomic mass is 79.9. The van der Waals surface area contributed by atoms with Crippen molar-refractivity contribution in [3.8, 4) is 0 Å². The first-order valence-electron chi connectivity index (χ1n) is 5.59. The van der Waals surface area contributed by atoms with Gasteiger partial charge in [-0.3, -0.25) is 0 Å². The first-order chi connectivity index (χ1) is 7.29. The van der Waals surface area contributed by atoms with Gasteiger partial charge >= 0.3 is 0 Å². The number of allylic oxidation sites excluding steroid dienone is 3. The molecule has 0 fully saturated rings. The molecule has 3 heteroatoms. The van der Waals surface area contributed by atoms with Gasteiger partial charge < -0.3 is 9.84 Å². The number of rotatable bonds is 6. The summed E-state index contributed by atoms with van der Waals surface area (Å²) in [6.07, 6.45) is 6.70. The van der Waals surface area contributed by atoms with Crippen molar-refractivity contribution in [2.45, 2.75) is 39.0 Å². The van der Waals surface area contributed by atoms with Gasteiger partial charge in [0.2, 0.25) is 0 Å². The standard InChI is InChI=1S/C12H19BrO2/c1-2-5-10-11(14)6-3-7-12(10)15-9-4-8-13/h7,14H,2-6,8-9H2,1H3. The lowest BCUT2D eigenvalue weighted by molar-refractivity contribution is 0.211. The van der Waals surface area contributed by atoms with Crippen molar-refractivity contribution < 1.29 is 9.84 Å². The average molecular weight is 275 g/mol. The van der Waals surface area contributed by atoms with Gasteiger partial charge in [0.05, 0.1) is 12.4 Å². The number of hydrogen-bond acceptors (Lipinski definition) is 2. The average Bonchev–Trinajstić information content (AvgIpc) is 2.23. The molecule has 15 heavy (non-hydrogen) atoms. The molecule has 86 valence electrons. The van der Waals surface area contributed by atoms with Crippen molar-refractivity contribution in [1.29, 1.82) is 0 Å². The van der Waals surface area contributed by atoms with Crippen LogP contribution in [-0.4, -0.2) is 17.0 Å². The summed E-state index contributed by atoms with van der Waals surface area (Å²) in [7, 11) is 0. The molecule has 0 aromatic heterocycles. The lowest BCUT2D eigenvalue weighted by atomic mass is 9.99. The summed E-state index contributed by atoms with van der Waals surface area (Å²) >= 11 is 3.37. The zero-order valence-electron chi connectivity index (χ0n) is 9.26. The van der Waals surface area contributed by atoms with E-state index in [0.717, 1.165) is 55.4 Å². The minimum absolute atomic E-state index is 0.521. The van der Waals surface area contributed by atoms with E-state index in [4.69, 9.17) is 4.74 Å². The zero-order valence-corrected chi connectivity index (χ0v) is 10.8. The molecule has 0 amide bonds. The summed E-state index contributed by atoms with van der Waals surface area (Å²) in [5.41, 5.74) is 1.01. The van der Waals surface area contributed by atoms with Crippen molar-refractivity contribution in [2.24, 2.45) is 0 Å². The van der Waals surface area contributed by atoms with Crippen LogP contribution in [0.1, 0.15) is 39.0 Å². The molecule has 0 aliphatic heterocycles. The molecule has 0 spiro atoms. The molecular formula is C12H19BrO2. The van der Waals surface area contributed by atoms with Crippen molar-refractivity contribution in [2.75, 3.05) is 11.9 Å². The lowest BCUT2D eigenvalue weighted by Gasteiger charge is -2.19. The van der Waals surface area contributed by atoms with E-state index in [1.54, 1.807) is 0 Å². The van der Waals surface area contributed by atoms with Gasteiger partial charge in [-0.2, -0.15) is 0 Å². The largest absolute Gasteiger partial charge is 0.512 e. The van der Waals surface area contributed by atoms with Crippen LogP contribution in [0.5, 0.6) is 0 Å². The van der Waals surface area contributed by atoms with Gasteiger partial charge in [-0.25, -0.2) is 0 Å². The highest BCUT2D eigenvalue weighted by Crippen LogP contribution is 2.28. The van der Waals surface area contributed by atoms with Crippen molar-refractivity contribution in [3.05, 3.63) is 23.2 Å². The Bertz CT molecular complexity index is 256. The number of aliphatic hydroxyl groups is 1. The minimum Gasteiger partial charge on any atom is -0.512 e. The monoisotopic (exact) mass is 274 g/mol. The summed E-state index contributed by atoms with van der Waals surface area (Å²) in [4.78, 5) is 0. The molecule has 1 N–H and O–H groups in total. The second kappa shape index (κ2) is 6.94. The molecule has 0 bridgehead atoms. The Morgan fingerprint density at radius 1 is 1.53 bits per heavy atom. The number of halogens is 1. The van der Waals surface area contributed by atoms with E-state index >= 15 is 0 Å². The van der Waals surface area contributed by atoms with E-state index < -0.39 is 0 Å². The Morgan fingerprint density at radius 2 is 2.33 bits per heavy atom. The van der Waals surface area contributed by atoms with Crippen molar-refractivity contribution >= 4 is 15.9 Å². The number of ether oxygens (including phenoxy) is 1. The number of hydrogen-bond donors (Lipinski definition) is 1. The van der Waals surface area contributed by atoms with E-state index in [1.165, 1.54) is 0 Å². The van der Waals surface area contributed by atoms with E-state index in [-0.39, 0.29) is 0 Å². The van der Waals surface area contributed by atoms with E-state index in [1.807, 2.05) is 0 Å². The lowest BCUT2D eigenvalue weighted by Crippen LogP contribution is -2.06. The first kappa shape index (κ1) is 12.6. The van der Waals surface area contributed by atoms with Crippen LogP contribution in [-0.2, 0) is 4.74 Å². The molecule has 1 aliphatic rings. The molecule has 0 unspecified atom stereocenters. The van der Waals surface area contributed by atoms with E-state index in [9.17, 15) is 5.11 Å². The van der Waals surface area contributed by atoms with Crippen LogP contribution in [0.2, 0.25) is 0 Å². The summed E-state index contributed by atoms with van der Waals surface area (Å²) < 4.78 is 5.67. The molecule has 0 saturated heterocycles. The number of alkyl halides is 1. The maximum absolute atomic E-state index is 9.78. The molecule has 1 aliphatic carbocycles. The third kappa shape index (κ3) is 3.90. The van der Waals surface area contributed by atoms with Crippen molar-refractivity contribution in [3.63, 3.8) is 0 Å². The fourth-order valence-corrected chi connectivity index (χ4v) is 1.89. The van der Waals surface area contributed by atoms with Crippen LogP contribution >= 0.6 is 15.9 Å². The van der Waals surface area contributed by atoms with Crippen LogP contribution in [0, 0.1) is 0 Å². The fraction of sp³-hybridized carbons (Fsp3) is 0.667. The number of aliphatic hydroxyl groups excluding tert-OH is 1. The molecular weight excluding hydrogens is 256 g/mol. The second-order valence-corrected chi connectivity index (χ2v) is 4.47. The third-order valence-corrected chi connectivity index (χ3v) is 2.95. The van der Waals surface area contributed by atoms with Crippen molar-refractivity contribution in [1.82, 2.24) is 0 Å². The Labute approximate surface area is 100 Å². The third-order valence-electron chi connectivity index (χ3n) is 2.39. The molecule has 0 radical (unpaired) electrons. The smallest absolute Gasteiger partial charge is 0.121 e. The van der Waals surface area contributed by atoms with Gasteiger partial charge in [0, 0.05) is 17.3 Å². The zero-order chi connectivity index (χ0) is 11.1. The summed E-state index contributed by atoms with van der Waals surface area (Å²) in [6.45, 7) is 2.84. The summed E-state index contributed by atoms with van der Waals surface area (Å²) in [5, 5.41) is 10.7. The quantitative estimate of drug-likeness (QED) is 0.584. The SMILES string of the molecule is CCCC1=C(O)CCC=C1OCCCBr. The normalized spacial score (nSPS) is 16.5. The van der Waals surface area contributed by atoms with Crippen LogP contribution in [0.25, 0.3) is 0 Å². The van der Waals surface area contributed by atoms with Gasteiger partial charge in [0.25, 0.3) is 0 Å². The van der Waals surface area contributed by atoms with Gasteiger partial charge in [-0.1, -0.05) is 29.3 Å². The van der Waals surface area contributed by atoms with Crippen LogP contribution in [0.3, 0.4) is 0 Å². The molecule has 0 aromatic rings. The topological polar surface area (TPSA) is 29.5 Å².